The third kappa shape index (κ3) is 6.78. The maximum atomic E-state index is 15.2. The van der Waals surface area contributed by atoms with Gasteiger partial charge in [-0.3, -0.25) is 9.78 Å². The number of morpholine rings is 1. The number of carbonyl (C=O) groups is 2. The quantitative estimate of drug-likeness (QED) is 0.279. The predicted octanol–water partition coefficient (Wildman–Crippen LogP) is 6.52. The van der Waals surface area contributed by atoms with Gasteiger partial charge in [0.15, 0.2) is 15.4 Å². The van der Waals surface area contributed by atoms with Gasteiger partial charge in [-0.05, 0) is 100 Å². The van der Waals surface area contributed by atoms with Gasteiger partial charge in [0.05, 0.1) is 22.1 Å². The van der Waals surface area contributed by atoms with E-state index in [1.54, 1.807) is 69.9 Å². The summed E-state index contributed by atoms with van der Waals surface area (Å²) >= 11 is 6.44. The van der Waals surface area contributed by atoms with Crippen molar-refractivity contribution >= 4 is 33.3 Å². The van der Waals surface area contributed by atoms with Crippen molar-refractivity contribution in [1.82, 2.24) is 9.88 Å². The number of aromatic nitrogens is 1. The summed E-state index contributed by atoms with van der Waals surface area (Å²) in [5, 5.41) is 9.78. The fraction of sp³-hybridized carbons (Fsp3) is 0.441. The number of carboxylic acid groups (broad SMARTS) is 1. The molecular weight excluding hydrogens is 619 g/mol. The summed E-state index contributed by atoms with van der Waals surface area (Å²) in [6, 6.07) is 13.2. The van der Waals surface area contributed by atoms with Crippen molar-refractivity contribution in [1.29, 1.82) is 0 Å². The number of carboxylic acids is 1. The van der Waals surface area contributed by atoms with Crippen LogP contribution in [0, 0.1) is 18.7 Å². The van der Waals surface area contributed by atoms with Gasteiger partial charge in [-0.25, -0.2) is 17.6 Å². The molecule has 11 heteroatoms. The van der Waals surface area contributed by atoms with Gasteiger partial charge in [0.2, 0.25) is 0 Å². The van der Waals surface area contributed by atoms with Crippen molar-refractivity contribution < 1.29 is 32.2 Å². The molecule has 8 nitrogen and oxygen atoms in total. The van der Waals surface area contributed by atoms with Gasteiger partial charge in [-0.15, -0.1) is 0 Å². The number of carbonyl (C=O) groups excluding carboxylic acids is 1. The number of ether oxygens (including phenoxy) is 1. The van der Waals surface area contributed by atoms with Crippen LogP contribution in [0.2, 0.25) is 5.02 Å². The topological polar surface area (TPSA) is 114 Å². The molecule has 240 valence electrons. The summed E-state index contributed by atoms with van der Waals surface area (Å²) in [6.07, 6.45) is 1.85. The summed E-state index contributed by atoms with van der Waals surface area (Å²) in [5.74, 6) is -2.36. The van der Waals surface area contributed by atoms with Gasteiger partial charge in [0.1, 0.15) is 11.9 Å². The number of rotatable bonds is 9. The van der Waals surface area contributed by atoms with Crippen molar-refractivity contribution in [3.8, 4) is 0 Å². The lowest BCUT2D eigenvalue weighted by molar-refractivity contribution is -0.202. The van der Waals surface area contributed by atoms with E-state index in [0.29, 0.717) is 27.4 Å². The maximum absolute atomic E-state index is 15.2. The molecule has 1 N–H and O–H groups in total. The molecule has 3 aromatic rings. The zero-order valence-electron chi connectivity index (χ0n) is 26.0. The second-order valence-corrected chi connectivity index (χ2v) is 16.5. The highest BCUT2D eigenvalue weighted by molar-refractivity contribution is 7.92. The summed E-state index contributed by atoms with van der Waals surface area (Å²) < 4.78 is 48.3. The average molecular weight is 657 g/mol. The number of aryl methyl sites for hydroxylation is 1. The zero-order chi connectivity index (χ0) is 32.9. The highest BCUT2D eigenvalue weighted by Crippen LogP contribution is 2.51. The maximum Gasteiger partial charge on any atom is 0.337 e. The standard InChI is InChI=1S/C34H38ClFN2O6S/c1-20-9-10-22(16-27(20)36)29-30(23-7-6-8-25(35)15-23)44-34(5,17-26-14-13-24(18-37-26)31(39)40)32(41)38(29)28(21-11-12-21)19-45(42,43)33(2,3)4/h6-10,13-16,18,21,28-30H,11-12,17,19H2,1-5H3,(H,39,40). The van der Waals surface area contributed by atoms with Crippen LogP contribution >= 0.6 is 11.6 Å². The fourth-order valence-corrected chi connectivity index (χ4v) is 7.46. The second-order valence-electron chi connectivity index (χ2n) is 13.3. The molecule has 1 amide bonds. The largest absolute Gasteiger partial charge is 0.478 e. The molecule has 2 fully saturated rings. The van der Waals surface area contributed by atoms with Crippen molar-refractivity contribution in [2.24, 2.45) is 5.92 Å². The van der Waals surface area contributed by atoms with Crippen LogP contribution in [-0.2, 0) is 25.8 Å². The fourth-order valence-electron chi connectivity index (χ4n) is 5.88. The zero-order valence-corrected chi connectivity index (χ0v) is 27.5. The Balaban J connectivity index is 1.70. The smallest absolute Gasteiger partial charge is 0.337 e. The van der Waals surface area contributed by atoms with E-state index in [1.165, 1.54) is 24.4 Å². The van der Waals surface area contributed by atoms with Gasteiger partial charge in [0.25, 0.3) is 5.91 Å². The number of benzene rings is 2. The predicted molar refractivity (Wildman–Crippen MR) is 169 cm³/mol. The monoisotopic (exact) mass is 656 g/mol. The first-order valence-corrected chi connectivity index (χ1v) is 17.0. The first kappa shape index (κ1) is 33.0. The Morgan fingerprint density at radius 2 is 1.87 bits per heavy atom. The molecule has 4 unspecified atom stereocenters. The lowest BCUT2D eigenvalue weighted by Gasteiger charge is -2.52. The van der Waals surface area contributed by atoms with Crippen LogP contribution < -0.4 is 0 Å². The minimum Gasteiger partial charge on any atom is -0.478 e. The molecule has 2 aliphatic rings. The van der Waals surface area contributed by atoms with Crippen LogP contribution in [0.5, 0.6) is 0 Å². The van der Waals surface area contributed by atoms with E-state index in [0.717, 1.165) is 12.8 Å². The molecule has 0 bridgehead atoms. The van der Waals surface area contributed by atoms with Crippen LogP contribution in [0.3, 0.4) is 0 Å². The van der Waals surface area contributed by atoms with Crippen molar-refractivity contribution in [3.05, 3.63) is 99.6 Å². The van der Waals surface area contributed by atoms with Crippen LogP contribution in [-0.4, -0.2) is 57.4 Å². The van der Waals surface area contributed by atoms with E-state index < -0.39 is 56.1 Å². The van der Waals surface area contributed by atoms with E-state index in [-0.39, 0.29) is 23.7 Å². The molecule has 1 saturated carbocycles. The van der Waals surface area contributed by atoms with Crippen molar-refractivity contribution in [3.63, 3.8) is 0 Å². The summed E-state index contributed by atoms with van der Waals surface area (Å²) in [6.45, 7) is 8.22. The van der Waals surface area contributed by atoms with E-state index in [2.05, 4.69) is 4.98 Å². The number of aromatic carboxylic acids is 1. The lowest BCUT2D eigenvalue weighted by atomic mass is 9.85. The van der Waals surface area contributed by atoms with Crippen molar-refractivity contribution in [2.75, 3.05) is 5.75 Å². The first-order chi connectivity index (χ1) is 21.0. The van der Waals surface area contributed by atoms with Crippen LogP contribution in [0.1, 0.15) is 85.4 Å². The number of hydrogen-bond donors (Lipinski definition) is 1. The molecule has 1 aromatic heterocycles. The minimum absolute atomic E-state index is 0.000804. The van der Waals surface area contributed by atoms with Crippen LogP contribution in [0.15, 0.2) is 60.8 Å². The molecule has 45 heavy (non-hydrogen) atoms. The van der Waals surface area contributed by atoms with Crippen molar-refractivity contribution in [2.45, 2.75) is 82.4 Å². The van der Waals surface area contributed by atoms with Crippen LogP contribution in [0.25, 0.3) is 0 Å². The summed E-state index contributed by atoms with van der Waals surface area (Å²) in [7, 11) is -3.69. The lowest BCUT2D eigenvalue weighted by Crippen LogP contribution is -2.62. The molecule has 1 aliphatic heterocycles. The highest BCUT2D eigenvalue weighted by Gasteiger charge is 2.56. The molecule has 1 aliphatic carbocycles. The van der Waals surface area contributed by atoms with E-state index in [4.69, 9.17) is 16.3 Å². The number of hydrogen-bond acceptors (Lipinski definition) is 6. The Morgan fingerprint density at radius 1 is 1.16 bits per heavy atom. The number of nitrogens with zero attached hydrogens (tertiary/aromatic N) is 2. The van der Waals surface area contributed by atoms with Gasteiger partial charge < -0.3 is 14.7 Å². The normalized spacial score (nSPS) is 23.2. The molecule has 2 aromatic carbocycles. The number of pyridine rings is 1. The third-order valence-corrected chi connectivity index (χ3v) is 11.7. The highest BCUT2D eigenvalue weighted by atomic mass is 35.5. The summed E-state index contributed by atoms with van der Waals surface area (Å²) in [4.78, 5) is 32.2. The van der Waals surface area contributed by atoms with Gasteiger partial charge >= 0.3 is 5.97 Å². The average Bonchev–Trinajstić information content (AvgIpc) is 3.80. The Bertz CT molecular complexity index is 1720. The minimum atomic E-state index is -3.69. The Morgan fingerprint density at radius 3 is 2.42 bits per heavy atom. The molecule has 2 heterocycles. The third-order valence-electron chi connectivity index (χ3n) is 8.81. The Labute approximate surface area is 268 Å². The molecule has 0 spiro atoms. The van der Waals surface area contributed by atoms with E-state index >= 15 is 4.39 Å². The summed E-state index contributed by atoms with van der Waals surface area (Å²) in [5.41, 5.74) is 0.429. The Kier molecular flexibility index (Phi) is 8.89. The number of amides is 1. The molecule has 1 saturated heterocycles. The molecular formula is C34H38ClFN2O6S. The van der Waals surface area contributed by atoms with Gasteiger partial charge in [-0.1, -0.05) is 35.9 Å². The SMILES string of the molecule is Cc1ccc(C2C(c3cccc(Cl)c3)OC(C)(Cc3ccc(C(=O)O)cn3)C(=O)N2C(CS(=O)(=O)C(C)(C)C)C2CC2)cc1F. The molecule has 0 radical (unpaired) electrons. The number of sulfone groups is 1. The van der Waals surface area contributed by atoms with Crippen LogP contribution in [0.4, 0.5) is 4.39 Å². The number of halogens is 2. The second kappa shape index (κ2) is 12.1. The van der Waals surface area contributed by atoms with E-state index in [1.807, 2.05) is 6.07 Å². The van der Waals surface area contributed by atoms with Gasteiger partial charge in [0, 0.05) is 29.4 Å². The van der Waals surface area contributed by atoms with Gasteiger partial charge in [-0.2, -0.15) is 0 Å². The molecule has 4 atom stereocenters. The molecule has 5 rings (SSSR count). The van der Waals surface area contributed by atoms with E-state index in [9.17, 15) is 23.1 Å². The Hall–Kier alpha value is -3.34. The first-order valence-electron chi connectivity index (χ1n) is 14.9.